The second-order valence-corrected chi connectivity index (χ2v) is 6.62. The number of rotatable bonds is 4. The van der Waals surface area contributed by atoms with Gasteiger partial charge in [0, 0.05) is 18.8 Å². The van der Waals surface area contributed by atoms with E-state index >= 15 is 0 Å². The summed E-state index contributed by atoms with van der Waals surface area (Å²) in [7, 11) is 0. The number of terminal acetylenes is 1. The molecule has 0 spiro atoms. The van der Waals surface area contributed by atoms with Gasteiger partial charge in [-0.1, -0.05) is 70.9 Å². The number of hydrogen-bond donors (Lipinski definition) is 2. The van der Waals surface area contributed by atoms with Gasteiger partial charge >= 0.3 is 0 Å². The van der Waals surface area contributed by atoms with Gasteiger partial charge in [0.1, 0.15) is 0 Å². The largest absolute Gasteiger partial charge is 0.383 e. The topological polar surface area (TPSA) is 44.9 Å². The zero-order chi connectivity index (χ0) is 18.9. The third-order valence-electron chi connectivity index (χ3n) is 3.32. The molecule has 0 saturated carbocycles. The second-order valence-electron chi connectivity index (χ2n) is 6.62. The van der Waals surface area contributed by atoms with Gasteiger partial charge in [0.15, 0.2) is 0 Å². The lowest BCUT2D eigenvalue weighted by Gasteiger charge is -2.23. The van der Waals surface area contributed by atoms with E-state index in [0.717, 1.165) is 23.4 Å². The highest BCUT2D eigenvalue weighted by molar-refractivity contribution is 5.97. The van der Waals surface area contributed by atoms with Crippen molar-refractivity contribution in [3.05, 3.63) is 70.1 Å². The molecule has 0 bridgehead atoms. The molecule has 3 nitrogen and oxygen atoms in total. The van der Waals surface area contributed by atoms with Crippen LogP contribution in [0.25, 0.3) is 11.3 Å². The predicted molar refractivity (Wildman–Crippen MR) is 108 cm³/mol. The molecule has 0 saturated heterocycles. The van der Waals surface area contributed by atoms with Crippen LogP contribution >= 0.6 is 0 Å². The van der Waals surface area contributed by atoms with Crippen molar-refractivity contribution in [2.45, 2.75) is 34.6 Å². The van der Waals surface area contributed by atoms with Gasteiger partial charge in [-0.3, -0.25) is 4.79 Å². The molecule has 2 rings (SSSR count). The molecule has 0 amide bonds. The first-order valence-electron chi connectivity index (χ1n) is 8.60. The van der Waals surface area contributed by atoms with E-state index in [0.29, 0.717) is 5.57 Å². The number of allylic oxidation sites excluding steroid dienone is 1. The molecule has 0 radical (unpaired) electrons. The van der Waals surface area contributed by atoms with Crippen LogP contribution in [0.5, 0.6) is 0 Å². The summed E-state index contributed by atoms with van der Waals surface area (Å²) in [6.45, 7) is 11.2. The summed E-state index contributed by atoms with van der Waals surface area (Å²) in [6.07, 6.45) is 7.38. The first-order valence-corrected chi connectivity index (χ1v) is 8.60. The normalized spacial score (nSPS) is 11.5. The van der Waals surface area contributed by atoms with Crippen LogP contribution in [0.4, 0.5) is 0 Å². The van der Waals surface area contributed by atoms with E-state index in [9.17, 15) is 4.79 Å². The molecule has 0 unspecified atom stereocenters. The van der Waals surface area contributed by atoms with Crippen molar-refractivity contribution in [3.63, 3.8) is 0 Å². The smallest absolute Gasteiger partial charge is 0.248 e. The molecule has 2 aromatic rings. The lowest BCUT2D eigenvalue weighted by Crippen LogP contribution is -2.26. The van der Waals surface area contributed by atoms with Crippen molar-refractivity contribution in [3.8, 4) is 12.3 Å². The summed E-state index contributed by atoms with van der Waals surface area (Å²) >= 11 is 0. The molecule has 1 aromatic heterocycles. The van der Waals surface area contributed by atoms with E-state index in [1.54, 1.807) is 6.20 Å². The Hall–Kier alpha value is -2.73. The lowest BCUT2D eigenvalue weighted by molar-refractivity contribution is 0.406. The maximum absolute atomic E-state index is 11.6. The lowest BCUT2D eigenvalue weighted by atomic mass is 9.95. The molecule has 132 valence electrons. The molecular formula is C22H28N2O. The first kappa shape index (κ1) is 20.3. The fourth-order valence-electron chi connectivity index (χ4n) is 2.19. The summed E-state index contributed by atoms with van der Waals surface area (Å²) in [5.41, 5.74) is 3.23. The van der Waals surface area contributed by atoms with Gasteiger partial charge in [0.2, 0.25) is 5.56 Å². The van der Waals surface area contributed by atoms with Crippen molar-refractivity contribution in [1.29, 1.82) is 0 Å². The van der Waals surface area contributed by atoms with E-state index in [1.807, 2.05) is 50.2 Å². The Morgan fingerprint density at radius 3 is 2.28 bits per heavy atom. The van der Waals surface area contributed by atoms with Gasteiger partial charge in [-0.05, 0) is 22.6 Å². The van der Waals surface area contributed by atoms with Gasteiger partial charge in [0.05, 0.1) is 11.3 Å². The highest BCUT2D eigenvalue weighted by Gasteiger charge is 2.15. The fraction of sp³-hybridized carbons (Fsp3) is 0.318. The Labute approximate surface area is 151 Å². The minimum atomic E-state index is -0.168. The summed E-state index contributed by atoms with van der Waals surface area (Å²) in [6, 6.07) is 13.3. The Kier molecular flexibility index (Phi) is 7.75. The average Bonchev–Trinajstić information content (AvgIpc) is 2.60. The molecular weight excluding hydrogens is 308 g/mol. The van der Waals surface area contributed by atoms with E-state index in [-0.39, 0.29) is 11.0 Å². The molecule has 1 aromatic carbocycles. The Morgan fingerprint density at radius 1 is 1.12 bits per heavy atom. The molecule has 0 fully saturated rings. The third-order valence-corrected chi connectivity index (χ3v) is 3.32. The number of nitrogens with one attached hydrogen (secondary N) is 2. The molecule has 0 atom stereocenters. The standard InChI is InChI=1S/C20H22N2O.C2H6/c1-5-17(16-11-12-21-18(23)13-16)19(22-14-20(2,3)4)15-9-7-6-8-10-15;1-2/h1,6-13,22H,14H2,2-4H3,(H,21,23);1-2H3/b19-17+;. The van der Waals surface area contributed by atoms with Gasteiger partial charge < -0.3 is 10.3 Å². The summed E-state index contributed by atoms with van der Waals surface area (Å²) in [5, 5.41) is 3.47. The summed E-state index contributed by atoms with van der Waals surface area (Å²) < 4.78 is 0. The van der Waals surface area contributed by atoms with Crippen LogP contribution in [0.15, 0.2) is 53.5 Å². The number of H-pyrrole nitrogens is 1. The average molecular weight is 336 g/mol. The van der Waals surface area contributed by atoms with E-state index < -0.39 is 0 Å². The monoisotopic (exact) mass is 336 g/mol. The van der Waals surface area contributed by atoms with E-state index in [2.05, 4.69) is 37.0 Å². The minimum Gasteiger partial charge on any atom is -0.383 e. The van der Waals surface area contributed by atoms with Crippen molar-refractivity contribution >= 4 is 11.3 Å². The zero-order valence-corrected chi connectivity index (χ0v) is 15.8. The van der Waals surface area contributed by atoms with Crippen LogP contribution in [0.3, 0.4) is 0 Å². The van der Waals surface area contributed by atoms with Crippen LogP contribution in [-0.4, -0.2) is 11.5 Å². The SMILES string of the molecule is C#C/C(=C(\NCC(C)(C)C)c1ccccc1)c1cc[nH]c(=O)c1.CC. The van der Waals surface area contributed by atoms with Crippen molar-refractivity contribution < 1.29 is 0 Å². The molecule has 2 N–H and O–H groups in total. The van der Waals surface area contributed by atoms with Crippen molar-refractivity contribution in [2.24, 2.45) is 5.41 Å². The number of benzene rings is 1. The third kappa shape index (κ3) is 6.35. The molecule has 0 aliphatic carbocycles. The molecule has 25 heavy (non-hydrogen) atoms. The van der Waals surface area contributed by atoms with Crippen LogP contribution < -0.4 is 10.9 Å². The summed E-state index contributed by atoms with van der Waals surface area (Å²) in [5.74, 6) is 2.74. The van der Waals surface area contributed by atoms with Gasteiger partial charge in [-0.15, -0.1) is 6.42 Å². The van der Waals surface area contributed by atoms with E-state index in [1.165, 1.54) is 6.07 Å². The van der Waals surface area contributed by atoms with Crippen LogP contribution in [0, 0.1) is 17.8 Å². The maximum Gasteiger partial charge on any atom is 0.248 e. The number of aromatic nitrogens is 1. The predicted octanol–water partition coefficient (Wildman–Crippen LogP) is 4.54. The molecule has 1 heterocycles. The van der Waals surface area contributed by atoms with Crippen LogP contribution in [-0.2, 0) is 0 Å². The number of aromatic amines is 1. The molecule has 0 aliphatic rings. The van der Waals surface area contributed by atoms with Gasteiger partial charge in [-0.2, -0.15) is 0 Å². The Bertz CT molecular complexity index is 787. The number of hydrogen-bond acceptors (Lipinski definition) is 2. The molecule has 0 aliphatic heterocycles. The molecule has 3 heteroatoms. The van der Waals surface area contributed by atoms with Crippen molar-refractivity contribution in [2.75, 3.05) is 6.54 Å². The minimum absolute atomic E-state index is 0.105. The fourth-order valence-corrected chi connectivity index (χ4v) is 2.19. The Morgan fingerprint density at radius 2 is 1.76 bits per heavy atom. The van der Waals surface area contributed by atoms with Gasteiger partial charge in [0.25, 0.3) is 0 Å². The van der Waals surface area contributed by atoms with Crippen LogP contribution in [0.2, 0.25) is 0 Å². The Balaban J connectivity index is 0.00000151. The first-order chi connectivity index (χ1) is 11.9. The zero-order valence-electron chi connectivity index (χ0n) is 15.8. The van der Waals surface area contributed by atoms with Crippen LogP contribution in [0.1, 0.15) is 45.7 Å². The highest BCUT2D eigenvalue weighted by Crippen LogP contribution is 2.24. The summed E-state index contributed by atoms with van der Waals surface area (Å²) in [4.78, 5) is 14.2. The highest BCUT2D eigenvalue weighted by atomic mass is 16.1. The number of pyridine rings is 1. The van der Waals surface area contributed by atoms with Gasteiger partial charge in [-0.25, -0.2) is 0 Å². The van der Waals surface area contributed by atoms with E-state index in [4.69, 9.17) is 6.42 Å². The quantitative estimate of drug-likeness (QED) is 0.805. The van der Waals surface area contributed by atoms with Crippen molar-refractivity contribution in [1.82, 2.24) is 10.3 Å². The second kappa shape index (κ2) is 9.54. The maximum atomic E-state index is 11.6.